The predicted octanol–water partition coefficient (Wildman–Crippen LogP) is -1.06. The van der Waals surface area contributed by atoms with E-state index in [1.54, 1.807) is 0 Å². The molecule has 1 unspecified atom stereocenters. The van der Waals surface area contributed by atoms with Crippen LogP contribution in [0.5, 0.6) is 0 Å². The first-order valence-corrected chi connectivity index (χ1v) is 3.38. The van der Waals surface area contributed by atoms with Gasteiger partial charge in [0.25, 0.3) is 0 Å². The highest BCUT2D eigenvalue weighted by molar-refractivity contribution is 6.20. The third kappa shape index (κ3) is 1.50. The van der Waals surface area contributed by atoms with E-state index in [9.17, 15) is 14.4 Å². The highest BCUT2D eigenvalue weighted by atomic mass is 16.5. The zero-order valence-electron chi connectivity index (χ0n) is 6.53. The lowest BCUT2D eigenvalue weighted by atomic mass is 10.0. The minimum absolute atomic E-state index is 0.231. The summed E-state index contributed by atoms with van der Waals surface area (Å²) in [5.74, 6) is -3.03. The third-order valence-electron chi connectivity index (χ3n) is 1.52. The van der Waals surface area contributed by atoms with E-state index in [0.29, 0.717) is 0 Å². The smallest absolute Gasteiger partial charge is 0.324 e. The maximum atomic E-state index is 11.0. The molecule has 0 bridgehead atoms. The predicted molar refractivity (Wildman–Crippen MR) is 36.3 cm³/mol. The van der Waals surface area contributed by atoms with E-state index in [0.717, 1.165) is 0 Å². The Hall–Kier alpha value is -1.23. The second-order valence-corrected chi connectivity index (χ2v) is 2.41. The van der Waals surface area contributed by atoms with Crippen LogP contribution >= 0.6 is 0 Å². The average Bonchev–Trinajstić information content (AvgIpc) is 2.32. The molecule has 0 aliphatic carbocycles. The summed E-state index contributed by atoms with van der Waals surface area (Å²) in [5.41, 5.74) is 0. The zero-order chi connectivity index (χ0) is 9.14. The van der Waals surface area contributed by atoms with Gasteiger partial charge in [-0.3, -0.25) is 14.4 Å². The highest BCUT2D eigenvalue weighted by Gasteiger charge is 2.40. The number of Topliss-reactive ketones (excluding diaryl/α,β-unsaturated/α-hetero) is 2. The van der Waals surface area contributed by atoms with Crippen molar-refractivity contribution in [2.45, 2.75) is 0 Å². The van der Waals surface area contributed by atoms with Gasteiger partial charge in [0, 0.05) is 7.11 Å². The molecule has 0 amide bonds. The van der Waals surface area contributed by atoms with E-state index >= 15 is 0 Å². The van der Waals surface area contributed by atoms with Crippen LogP contribution < -0.4 is 0 Å². The SMILES string of the molecule is COCC(=O)C1C(=O)COC1=O. The molecule has 0 aromatic carbocycles. The van der Waals surface area contributed by atoms with Crippen LogP contribution in [0.2, 0.25) is 0 Å². The van der Waals surface area contributed by atoms with Crippen molar-refractivity contribution >= 4 is 17.5 Å². The van der Waals surface area contributed by atoms with Gasteiger partial charge in [-0.1, -0.05) is 0 Å². The number of ether oxygens (including phenoxy) is 2. The summed E-state index contributed by atoms with van der Waals surface area (Å²) in [4.78, 5) is 32.7. The molecule has 0 radical (unpaired) electrons. The molecule has 1 atom stereocenters. The minimum atomic E-state index is -1.25. The van der Waals surface area contributed by atoms with Gasteiger partial charge in [0.2, 0.25) is 0 Å². The molecule has 0 aromatic heterocycles. The van der Waals surface area contributed by atoms with E-state index in [4.69, 9.17) is 0 Å². The first kappa shape index (κ1) is 8.86. The van der Waals surface area contributed by atoms with Crippen molar-refractivity contribution in [1.82, 2.24) is 0 Å². The van der Waals surface area contributed by atoms with Crippen LogP contribution in [0.25, 0.3) is 0 Å². The molecule has 0 N–H and O–H groups in total. The molecule has 0 spiro atoms. The molecule has 12 heavy (non-hydrogen) atoms. The molecule has 66 valence electrons. The summed E-state index contributed by atoms with van der Waals surface area (Å²) in [6.45, 7) is -0.523. The van der Waals surface area contributed by atoms with Gasteiger partial charge in [-0.25, -0.2) is 0 Å². The Morgan fingerprint density at radius 1 is 1.67 bits per heavy atom. The summed E-state index contributed by atoms with van der Waals surface area (Å²) in [6, 6.07) is 0. The molecule has 1 fully saturated rings. The van der Waals surface area contributed by atoms with Crippen LogP contribution in [0.15, 0.2) is 0 Å². The quantitative estimate of drug-likeness (QED) is 0.401. The van der Waals surface area contributed by atoms with Crippen molar-refractivity contribution in [2.75, 3.05) is 20.3 Å². The Kier molecular flexibility index (Phi) is 2.54. The number of methoxy groups -OCH3 is 1. The standard InChI is InChI=1S/C7H8O5/c1-11-2-4(8)6-5(9)3-12-7(6)10/h6H,2-3H2,1H3. The molecule has 1 heterocycles. The van der Waals surface area contributed by atoms with Crippen molar-refractivity contribution in [3.8, 4) is 0 Å². The van der Waals surface area contributed by atoms with Crippen molar-refractivity contribution in [1.29, 1.82) is 0 Å². The normalized spacial score (nSPS) is 22.6. The molecule has 1 aliphatic heterocycles. The molecular formula is C7H8O5. The number of hydrogen-bond donors (Lipinski definition) is 0. The number of carbonyl (C=O) groups excluding carboxylic acids is 3. The van der Waals surface area contributed by atoms with E-state index in [1.807, 2.05) is 0 Å². The molecule has 1 rings (SSSR count). The molecule has 5 nitrogen and oxygen atoms in total. The maximum Gasteiger partial charge on any atom is 0.324 e. The molecule has 0 aromatic rings. The van der Waals surface area contributed by atoms with Crippen molar-refractivity contribution in [3.63, 3.8) is 0 Å². The Balaban J connectivity index is 2.66. The van der Waals surface area contributed by atoms with Crippen molar-refractivity contribution in [3.05, 3.63) is 0 Å². The Bertz CT molecular complexity index is 216. The second-order valence-electron chi connectivity index (χ2n) is 2.41. The highest BCUT2D eigenvalue weighted by Crippen LogP contribution is 2.11. The summed E-state index contributed by atoms with van der Waals surface area (Å²) in [5, 5.41) is 0. The lowest BCUT2D eigenvalue weighted by Gasteiger charge is -2.00. The van der Waals surface area contributed by atoms with Gasteiger partial charge in [0.15, 0.2) is 24.1 Å². The van der Waals surface area contributed by atoms with Gasteiger partial charge in [-0.05, 0) is 0 Å². The number of ketones is 2. The van der Waals surface area contributed by atoms with Crippen molar-refractivity contribution < 1.29 is 23.9 Å². The Labute approximate surface area is 68.6 Å². The summed E-state index contributed by atoms with van der Waals surface area (Å²) >= 11 is 0. The van der Waals surface area contributed by atoms with Gasteiger partial charge < -0.3 is 9.47 Å². The van der Waals surface area contributed by atoms with Crippen LogP contribution in [0, 0.1) is 5.92 Å². The van der Waals surface area contributed by atoms with Gasteiger partial charge in [0.05, 0.1) is 0 Å². The number of cyclic esters (lactones) is 1. The second kappa shape index (κ2) is 3.44. The Morgan fingerprint density at radius 2 is 2.33 bits per heavy atom. The van der Waals surface area contributed by atoms with Gasteiger partial charge in [-0.15, -0.1) is 0 Å². The van der Waals surface area contributed by atoms with Crippen molar-refractivity contribution in [2.24, 2.45) is 5.92 Å². The third-order valence-corrected chi connectivity index (χ3v) is 1.52. The lowest BCUT2D eigenvalue weighted by molar-refractivity contribution is -0.145. The zero-order valence-corrected chi connectivity index (χ0v) is 6.53. The summed E-state index contributed by atoms with van der Waals surface area (Å²) in [7, 11) is 1.32. The van der Waals surface area contributed by atoms with E-state index in [1.165, 1.54) is 7.11 Å². The number of esters is 1. The van der Waals surface area contributed by atoms with E-state index < -0.39 is 23.5 Å². The largest absolute Gasteiger partial charge is 0.457 e. The van der Waals surface area contributed by atoms with Gasteiger partial charge >= 0.3 is 5.97 Å². The van der Waals surface area contributed by atoms with Gasteiger partial charge in [-0.2, -0.15) is 0 Å². The first-order valence-electron chi connectivity index (χ1n) is 3.38. The number of rotatable bonds is 3. The maximum absolute atomic E-state index is 11.0. The lowest BCUT2D eigenvalue weighted by Crippen LogP contribution is -2.28. The minimum Gasteiger partial charge on any atom is -0.457 e. The topological polar surface area (TPSA) is 69.7 Å². The van der Waals surface area contributed by atoms with E-state index in [2.05, 4.69) is 9.47 Å². The molecular weight excluding hydrogens is 164 g/mol. The summed E-state index contributed by atoms with van der Waals surface area (Å²) in [6.07, 6.45) is 0. The van der Waals surface area contributed by atoms with Crippen LogP contribution in [-0.4, -0.2) is 37.9 Å². The van der Waals surface area contributed by atoms with Crippen LogP contribution in [0.3, 0.4) is 0 Å². The average molecular weight is 172 g/mol. The van der Waals surface area contributed by atoms with E-state index in [-0.39, 0.29) is 13.2 Å². The fourth-order valence-electron chi connectivity index (χ4n) is 0.977. The summed E-state index contributed by atoms with van der Waals surface area (Å²) < 4.78 is 8.88. The molecule has 1 aliphatic rings. The number of carbonyl (C=O) groups is 3. The monoisotopic (exact) mass is 172 g/mol. The Morgan fingerprint density at radius 3 is 2.75 bits per heavy atom. The fraction of sp³-hybridized carbons (Fsp3) is 0.571. The first-order chi connectivity index (χ1) is 5.66. The van der Waals surface area contributed by atoms with Gasteiger partial charge in [0.1, 0.15) is 6.61 Å². The van der Waals surface area contributed by atoms with Crippen LogP contribution in [-0.2, 0) is 23.9 Å². The fourth-order valence-corrected chi connectivity index (χ4v) is 0.977. The van der Waals surface area contributed by atoms with Crippen LogP contribution in [0.4, 0.5) is 0 Å². The number of hydrogen-bond acceptors (Lipinski definition) is 5. The molecule has 1 saturated heterocycles. The molecule has 0 saturated carbocycles. The van der Waals surface area contributed by atoms with Crippen LogP contribution in [0.1, 0.15) is 0 Å². The molecule has 5 heteroatoms.